The molecule has 0 aliphatic carbocycles. The summed E-state index contributed by atoms with van der Waals surface area (Å²) in [5.74, 6) is 0.0359. The summed E-state index contributed by atoms with van der Waals surface area (Å²) in [6.07, 6.45) is 5.39. The number of carbonyl (C=O) groups excluding carboxylic acids is 1. The lowest BCUT2D eigenvalue weighted by Gasteiger charge is -2.16. The van der Waals surface area contributed by atoms with Crippen LogP contribution in [0.4, 0.5) is 5.82 Å². The minimum atomic E-state index is -0.535. The van der Waals surface area contributed by atoms with Gasteiger partial charge in [0.15, 0.2) is 0 Å². The Labute approximate surface area is 129 Å². The van der Waals surface area contributed by atoms with E-state index in [1.54, 1.807) is 0 Å². The van der Waals surface area contributed by atoms with Crippen LogP contribution in [0.2, 0.25) is 5.02 Å². The van der Waals surface area contributed by atoms with Gasteiger partial charge in [0.05, 0.1) is 10.6 Å². The number of nitrogens with two attached hydrogens (primary N) is 1. The van der Waals surface area contributed by atoms with Crippen LogP contribution in [0.3, 0.4) is 0 Å². The summed E-state index contributed by atoms with van der Waals surface area (Å²) in [6, 6.07) is 5.89. The first kappa shape index (κ1) is 15.4. The Morgan fingerprint density at radius 3 is 2.90 bits per heavy atom. The zero-order valence-electron chi connectivity index (χ0n) is 12.1. The van der Waals surface area contributed by atoms with Crippen molar-refractivity contribution in [1.29, 1.82) is 0 Å². The number of primary amides is 1. The monoisotopic (exact) mass is 306 g/mol. The van der Waals surface area contributed by atoms with E-state index in [9.17, 15) is 4.79 Å². The lowest BCUT2D eigenvalue weighted by molar-refractivity contribution is 0.1000. The predicted octanol–water partition coefficient (Wildman–Crippen LogP) is 2.61. The van der Waals surface area contributed by atoms with Crippen LogP contribution < -0.4 is 11.1 Å². The van der Waals surface area contributed by atoms with Gasteiger partial charge in [-0.1, -0.05) is 11.6 Å². The third-order valence-corrected chi connectivity index (χ3v) is 3.68. The fourth-order valence-electron chi connectivity index (χ4n) is 2.11. The molecule has 2 aromatic rings. The number of rotatable bonds is 6. The molecule has 21 heavy (non-hydrogen) atoms. The molecule has 6 heteroatoms. The van der Waals surface area contributed by atoms with E-state index in [2.05, 4.69) is 27.9 Å². The van der Waals surface area contributed by atoms with Gasteiger partial charge in [-0.3, -0.25) is 4.79 Å². The molecule has 2 heterocycles. The van der Waals surface area contributed by atoms with Crippen molar-refractivity contribution in [3.63, 3.8) is 0 Å². The highest BCUT2D eigenvalue weighted by Crippen LogP contribution is 2.21. The second-order valence-corrected chi connectivity index (χ2v) is 5.52. The predicted molar refractivity (Wildman–Crippen MR) is 84.6 cm³/mol. The van der Waals surface area contributed by atoms with Crippen LogP contribution in [0, 0.1) is 0 Å². The van der Waals surface area contributed by atoms with Crippen molar-refractivity contribution in [3.05, 3.63) is 46.9 Å². The maximum atomic E-state index is 11.1. The van der Waals surface area contributed by atoms with Gasteiger partial charge in [0.25, 0.3) is 0 Å². The highest BCUT2D eigenvalue weighted by molar-refractivity contribution is 6.33. The molecule has 0 aliphatic rings. The van der Waals surface area contributed by atoms with Crippen LogP contribution >= 0.6 is 11.6 Å². The number of pyridine rings is 1. The Morgan fingerprint density at radius 1 is 1.57 bits per heavy atom. The number of hydrogen-bond acceptors (Lipinski definition) is 3. The van der Waals surface area contributed by atoms with Crippen LogP contribution in [-0.4, -0.2) is 21.5 Å². The summed E-state index contributed by atoms with van der Waals surface area (Å²) in [5, 5.41) is 3.65. The third kappa shape index (κ3) is 3.98. The second kappa shape index (κ2) is 6.63. The highest BCUT2D eigenvalue weighted by atomic mass is 35.5. The quantitative estimate of drug-likeness (QED) is 0.861. The van der Waals surface area contributed by atoms with E-state index in [1.165, 1.54) is 18.0 Å². The van der Waals surface area contributed by atoms with E-state index in [4.69, 9.17) is 17.3 Å². The first-order chi connectivity index (χ1) is 9.97. The fourth-order valence-corrected chi connectivity index (χ4v) is 2.33. The van der Waals surface area contributed by atoms with Crippen LogP contribution in [0.1, 0.15) is 29.4 Å². The lowest BCUT2D eigenvalue weighted by atomic mass is 10.1. The SMILES string of the molecule is CC(CCc1cccn1C)Nc1ncc(C(N)=O)cc1Cl. The number of aromatic nitrogens is 2. The maximum absolute atomic E-state index is 11.1. The average molecular weight is 307 g/mol. The summed E-state index contributed by atoms with van der Waals surface area (Å²) in [4.78, 5) is 15.2. The Bertz CT molecular complexity index is 638. The molecule has 0 spiro atoms. The van der Waals surface area contributed by atoms with Crippen molar-refractivity contribution in [2.45, 2.75) is 25.8 Å². The zero-order valence-corrected chi connectivity index (χ0v) is 12.9. The number of anilines is 1. The van der Waals surface area contributed by atoms with Crippen molar-refractivity contribution in [3.8, 4) is 0 Å². The van der Waals surface area contributed by atoms with Crippen molar-refractivity contribution in [1.82, 2.24) is 9.55 Å². The second-order valence-electron chi connectivity index (χ2n) is 5.11. The molecule has 0 bridgehead atoms. The molecule has 1 atom stereocenters. The van der Waals surface area contributed by atoms with Crippen molar-refractivity contribution in [2.75, 3.05) is 5.32 Å². The number of nitrogens with zero attached hydrogens (tertiary/aromatic N) is 2. The first-order valence-corrected chi connectivity index (χ1v) is 7.17. The van der Waals surface area contributed by atoms with Crippen LogP contribution in [0.15, 0.2) is 30.6 Å². The Morgan fingerprint density at radius 2 is 2.33 bits per heavy atom. The summed E-state index contributed by atoms with van der Waals surface area (Å²) in [6.45, 7) is 2.07. The molecule has 1 unspecified atom stereocenters. The van der Waals surface area contributed by atoms with Gasteiger partial charge < -0.3 is 15.6 Å². The maximum Gasteiger partial charge on any atom is 0.250 e. The third-order valence-electron chi connectivity index (χ3n) is 3.39. The molecule has 0 aromatic carbocycles. The normalized spacial score (nSPS) is 12.1. The molecule has 3 N–H and O–H groups in total. The van der Waals surface area contributed by atoms with E-state index >= 15 is 0 Å². The molecule has 5 nitrogen and oxygen atoms in total. The molecular weight excluding hydrogens is 288 g/mol. The standard InChI is InChI=1S/C15H19ClN4O/c1-10(5-6-12-4-3-7-20(12)2)19-15-13(16)8-11(9-18-15)14(17)21/h3-4,7-10H,5-6H2,1-2H3,(H2,17,21)(H,18,19). The van der Waals surface area contributed by atoms with E-state index in [0.29, 0.717) is 16.4 Å². The van der Waals surface area contributed by atoms with E-state index in [1.807, 2.05) is 19.3 Å². The zero-order chi connectivity index (χ0) is 15.4. The summed E-state index contributed by atoms with van der Waals surface area (Å²) < 4.78 is 2.11. The number of halogens is 1. The van der Waals surface area contributed by atoms with Gasteiger partial charge in [-0.15, -0.1) is 0 Å². The number of nitrogens with one attached hydrogen (secondary N) is 1. The van der Waals surface area contributed by atoms with Gasteiger partial charge in [-0.25, -0.2) is 4.98 Å². The smallest absolute Gasteiger partial charge is 0.250 e. The van der Waals surface area contributed by atoms with Crippen LogP contribution in [0.25, 0.3) is 0 Å². The summed E-state index contributed by atoms with van der Waals surface area (Å²) in [5.41, 5.74) is 6.78. The molecule has 112 valence electrons. The lowest BCUT2D eigenvalue weighted by Crippen LogP contribution is -2.18. The molecule has 0 fully saturated rings. The Hall–Kier alpha value is -2.01. The molecule has 0 radical (unpaired) electrons. The minimum absolute atomic E-state index is 0.212. The molecule has 0 saturated carbocycles. The average Bonchev–Trinajstić information content (AvgIpc) is 2.84. The van der Waals surface area contributed by atoms with Gasteiger partial charge in [-0.2, -0.15) is 0 Å². The number of aryl methyl sites for hydroxylation is 2. The molecule has 1 amide bonds. The molecule has 0 saturated heterocycles. The molecular formula is C15H19ClN4O. The van der Waals surface area contributed by atoms with E-state index < -0.39 is 5.91 Å². The first-order valence-electron chi connectivity index (χ1n) is 6.79. The number of hydrogen-bond donors (Lipinski definition) is 2. The summed E-state index contributed by atoms with van der Waals surface area (Å²) in [7, 11) is 2.04. The largest absolute Gasteiger partial charge is 0.366 e. The summed E-state index contributed by atoms with van der Waals surface area (Å²) >= 11 is 6.11. The molecule has 2 rings (SSSR count). The van der Waals surface area contributed by atoms with Crippen molar-refractivity contribution in [2.24, 2.45) is 12.8 Å². The van der Waals surface area contributed by atoms with Crippen LogP contribution in [-0.2, 0) is 13.5 Å². The van der Waals surface area contributed by atoms with E-state index in [-0.39, 0.29) is 6.04 Å². The minimum Gasteiger partial charge on any atom is -0.366 e. The Kier molecular flexibility index (Phi) is 4.85. The van der Waals surface area contributed by atoms with Gasteiger partial charge in [0, 0.05) is 31.2 Å². The topological polar surface area (TPSA) is 72.9 Å². The van der Waals surface area contributed by atoms with Crippen molar-refractivity contribution >= 4 is 23.3 Å². The highest BCUT2D eigenvalue weighted by Gasteiger charge is 2.10. The Balaban J connectivity index is 1.95. The van der Waals surface area contributed by atoms with Gasteiger partial charge in [0.1, 0.15) is 5.82 Å². The fraction of sp³-hybridized carbons (Fsp3) is 0.333. The molecule has 2 aromatic heterocycles. The van der Waals surface area contributed by atoms with Crippen LogP contribution in [0.5, 0.6) is 0 Å². The molecule has 0 aliphatic heterocycles. The van der Waals surface area contributed by atoms with Gasteiger partial charge in [-0.05, 0) is 38.0 Å². The van der Waals surface area contributed by atoms with E-state index in [0.717, 1.165) is 12.8 Å². The van der Waals surface area contributed by atoms with Crippen molar-refractivity contribution < 1.29 is 4.79 Å². The van der Waals surface area contributed by atoms with Gasteiger partial charge in [0.2, 0.25) is 5.91 Å². The van der Waals surface area contributed by atoms with Gasteiger partial charge >= 0.3 is 0 Å². The number of amides is 1. The number of carbonyl (C=O) groups is 1.